The summed E-state index contributed by atoms with van der Waals surface area (Å²) < 4.78 is 7.45. The molecule has 2 heterocycles. The lowest BCUT2D eigenvalue weighted by Crippen LogP contribution is -2.19. The van der Waals surface area contributed by atoms with Crippen LogP contribution in [0.1, 0.15) is 36.8 Å². The van der Waals surface area contributed by atoms with E-state index in [1.807, 2.05) is 52.0 Å². The average Bonchev–Trinajstić information content (AvgIpc) is 3.00. The summed E-state index contributed by atoms with van der Waals surface area (Å²) >= 11 is 0. The zero-order valence-electron chi connectivity index (χ0n) is 13.8. The number of para-hydroxylation sites is 1. The van der Waals surface area contributed by atoms with Gasteiger partial charge < -0.3 is 9.73 Å². The number of carbonyl (C=O) groups is 1. The van der Waals surface area contributed by atoms with Gasteiger partial charge in [-0.1, -0.05) is 12.1 Å². The second-order valence-electron chi connectivity index (χ2n) is 5.83. The van der Waals surface area contributed by atoms with Gasteiger partial charge >= 0.3 is 0 Å². The van der Waals surface area contributed by atoms with E-state index in [-0.39, 0.29) is 11.9 Å². The monoisotopic (exact) mass is 312 g/mol. The molecule has 0 aliphatic rings. The third-order valence-corrected chi connectivity index (χ3v) is 3.75. The highest BCUT2D eigenvalue weighted by Crippen LogP contribution is 2.27. The number of aryl methyl sites for hydroxylation is 3. The number of anilines is 1. The maximum atomic E-state index is 12.4. The van der Waals surface area contributed by atoms with Crippen molar-refractivity contribution in [1.29, 1.82) is 0 Å². The Balaban J connectivity index is 1.75. The van der Waals surface area contributed by atoms with Crippen LogP contribution in [0.5, 0.6) is 0 Å². The van der Waals surface area contributed by atoms with Gasteiger partial charge in [0.1, 0.15) is 17.4 Å². The topological polar surface area (TPSA) is 73.0 Å². The van der Waals surface area contributed by atoms with Gasteiger partial charge in [0.25, 0.3) is 0 Å². The van der Waals surface area contributed by atoms with E-state index in [0.29, 0.717) is 23.5 Å². The molecule has 1 amide bonds. The molecule has 6 nitrogen and oxygen atoms in total. The summed E-state index contributed by atoms with van der Waals surface area (Å²) in [6, 6.07) is 7.61. The van der Waals surface area contributed by atoms with Crippen LogP contribution in [0.4, 0.5) is 5.69 Å². The predicted octanol–water partition coefficient (Wildman–Crippen LogP) is 3.54. The first-order valence-corrected chi connectivity index (χ1v) is 7.63. The Morgan fingerprint density at radius 1 is 1.35 bits per heavy atom. The number of furan rings is 1. The van der Waals surface area contributed by atoms with Crippen LogP contribution in [0.2, 0.25) is 0 Å². The Labute approximate surface area is 134 Å². The van der Waals surface area contributed by atoms with Crippen LogP contribution in [-0.4, -0.2) is 20.7 Å². The lowest BCUT2D eigenvalue weighted by atomic mass is 10.2. The van der Waals surface area contributed by atoms with Crippen molar-refractivity contribution in [3.63, 3.8) is 0 Å². The number of carbonyl (C=O) groups excluding carboxylic acids is 1. The molecule has 1 atom stereocenters. The molecule has 0 bridgehead atoms. The van der Waals surface area contributed by atoms with Crippen molar-refractivity contribution in [3.8, 4) is 0 Å². The lowest BCUT2D eigenvalue weighted by molar-refractivity contribution is -0.116. The summed E-state index contributed by atoms with van der Waals surface area (Å²) in [6.07, 6.45) is 0.319. The Bertz CT molecular complexity index is 863. The van der Waals surface area contributed by atoms with E-state index in [0.717, 1.165) is 17.0 Å². The van der Waals surface area contributed by atoms with Crippen LogP contribution >= 0.6 is 0 Å². The molecule has 1 N–H and O–H groups in total. The van der Waals surface area contributed by atoms with Gasteiger partial charge in [-0.15, -0.1) is 0 Å². The Hall–Kier alpha value is -2.63. The van der Waals surface area contributed by atoms with Crippen molar-refractivity contribution in [2.45, 2.75) is 40.2 Å². The number of nitrogens with one attached hydrogen (secondary N) is 1. The Morgan fingerprint density at radius 3 is 2.83 bits per heavy atom. The van der Waals surface area contributed by atoms with E-state index in [9.17, 15) is 4.79 Å². The number of amides is 1. The molecule has 3 rings (SSSR count). The third kappa shape index (κ3) is 3.11. The summed E-state index contributed by atoms with van der Waals surface area (Å²) in [5.41, 5.74) is 1.40. The summed E-state index contributed by atoms with van der Waals surface area (Å²) in [6.45, 7) is 7.58. The van der Waals surface area contributed by atoms with Crippen LogP contribution in [0.25, 0.3) is 11.0 Å². The first-order valence-electron chi connectivity index (χ1n) is 7.63. The standard InChI is InChI=1S/C17H20N4O2/c1-10(21-13(4)18-12(3)20-21)8-16(22)19-15-7-5-6-14-9-11(2)23-17(14)15/h5-7,9-10H,8H2,1-4H3,(H,19,22). The number of hydrogen-bond acceptors (Lipinski definition) is 4. The normalized spacial score (nSPS) is 12.5. The van der Waals surface area contributed by atoms with Gasteiger partial charge in [-0.3, -0.25) is 4.79 Å². The number of fused-ring (bicyclic) bond motifs is 1. The molecule has 1 unspecified atom stereocenters. The maximum Gasteiger partial charge on any atom is 0.226 e. The largest absolute Gasteiger partial charge is 0.459 e. The molecule has 6 heteroatoms. The lowest BCUT2D eigenvalue weighted by Gasteiger charge is -2.13. The van der Waals surface area contributed by atoms with Crippen molar-refractivity contribution in [2.24, 2.45) is 0 Å². The Morgan fingerprint density at radius 2 is 2.13 bits per heavy atom. The molecule has 2 aromatic heterocycles. The number of hydrogen-bond donors (Lipinski definition) is 1. The van der Waals surface area contributed by atoms with Crippen molar-refractivity contribution < 1.29 is 9.21 Å². The first kappa shape index (κ1) is 15.3. The molecular weight excluding hydrogens is 292 g/mol. The van der Waals surface area contributed by atoms with Crippen molar-refractivity contribution >= 4 is 22.6 Å². The molecule has 1 aromatic carbocycles. The Kier molecular flexibility index (Phi) is 3.90. The minimum atomic E-state index is -0.0772. The van der Waals surface area contributed by atoms with Gasteiger partial charge in [-0.05, 0) is 39.8 Å². The molecule has 0 radical (unpaired) electrons. The molecular formula is C17H20N4O2. The fourth-order valence-corrected chi connectivity index (χ4v) is 2.80. The van der Waals surface area contributed by atoms with E-state index >= 15 is 0 Å². The van der Waals surface area contributed by atoms with Gasteiger partial charge in [0, 0.05) is 11.8 Å². The summed E-state index contributed by atoms with van der Waals surface area (Å²) in [7, 11) is 0. The second-order valence-corrected chi connectivity index (χ2v) is 5.83. The molecule has 0 saturated heterocycles. The SMILES string of the molecule is Cc1nc(C)n(C(C)CC(=O)Nc2cccc3cc(C)oc23)n1. The maximum absolute atomic E-state index is 12.4. The van der Waals surface area contributed by atoms with E-state index < -0.39 is 0 Å². The van der Waals surface area contributed by atoms with Gasteiger partial charge in [0.15, 0.2) is 5.58 Å². The number of benzene rings is 1. The highest BCUT2D eigenvalue weighted by molar-refractivity contribution is 5.99. The third-order valence-electron chi connectivity index (χ3n) is 3.75. The van der Waals surface area contributed by atoms with Crippen molar-refractivity contribution in [2.75, 3.05) is 5.32 Å². The quantitative estimate of drug-likeness (QED) is 0.799. The zero-order valence-corrected chi connectivity index (χ0v) is 13.8. The summed E-state index contributed by atoms with van der Waals surface area (Å²) in [5.74, 6) is 2.27. The van der Waals surface area contributed by atoms with Crippen LogP contribution < -0.4 is 5.32 Å². The minimum absolute atomic E-state index is 0.0614. The molecule has 0 saturated carbocycles. The smallest absolute Gasteiger partial charge is 0.226 e. The molecule has 120 valence electrons. The second kappa shape index (κ2) is 5.87. The van der Waals surface area contributed by atoms with Crippen LogP contribution in [0.3, 0.4) is 0 Å². The van der Waals surface area contributed by atoms with Crippen LogP contribution in [0.15, 0.2) is 28.7 Å². The predicted molar refractivity (Wildman–Crippen MR) is 88.4 cm³/mol. The van der Waals surface area contributed by atoms with E-state index in [4.69, 9.17) is 4.42 Å². The van der Waals surface area contributed by atoms with Gasteiger partial charge in [0.05, 0.1) is 11.7 Å². The highest BCUT2D eigenvalue weighted by atomic mass is 16.3. The van der Waals surface area contributed by atoms with Gasteiger partial charge in [0.2, 0.25) is 5.91 Å². The minimum Gasteiger partial charge on any atom is -0.459 e. The van der Waals surface area contributed by atoms with E-state index in [1.54, 1.807) is 4.68 Å². The molecule has 3 aromatic rings. The van der Waals surface area contributed by atoms with Gasteiger partial charge in [-0.2, -0.15) is 5.10 Å². The molecule has 0 aliphatic carbocycles. The molecule has 0 fully saturated rings. The number of nitrogens with zero attached hydrogens (tertiary/aromatic N) is 3. The van der Waals surface area contributed by atoms with Crippen molar-refractivity contribution in [3.05, 3.63) is 41.7 Å². The molecule has 0 aliphatic heterocycles. The number of rotatable bonds is 4. The summed E-state index contributed by atoms with van der Waals surface area (Å²) in [5, 5.41) is 8.24. The average molecular weight is 312 g/mol. The fourth-order valence-electron chi connectivity index (χ4n) is 2.80. The van der Waals surface area contributed by atoms with E-state index in [2.05, 4.69) is 15.4 Å². The van der Waals surface area contributed by atoms with Crippen LogP contribution in [-0.2, 0) is 4.79 Å². The van der Waals surface area contributed by atoms with Crippen LogP contribution in [0, 0.1) is 20.8 Å². The zero-order chi connectivity index (χ0) is 16.6. The van der Waals surface area contributed by atoms with Gasteiger partial charge in [-0.25, -0.2) is 9.67 Å². The van der Waals surface area contributed by atoms with E-state index in [1.165, 1.54) is 0 Å². The fraction of sp³-hybridized carbons (Fsp3) is 0.353. The number of aromatic nitrogens is 3. The molecule has 23 heavy (non-hydrogen) atoms. The first-order chi connectivity index (χ1) is 10.9. The molecule has 0 spiro atoms. The highest BCUT2D eigenvalue weighted by Gasteiger charge is 2.16. The summed E-state index contributed by atoms with van der Waals surface area (Å²) in [4.78, 5) is 16.6. The van der Waals surface area contributed by atoms with Crippen molar-refractivity contribution in [1.82, 2.24) is 14.8 Å².